The molecule has 0 aliphatic heterocycles. The highest BCUT2D eigenvalue weighted by atomic mass is 79.9. The zero-order valence-corrected chi connectivity index (χ0v) is 8.52. The van der Waals surface area contributed by atoms with Crippen molar-refractivity contribution < 1.29 is 9.90 Å². The second-order valence-corrected chi connectivity index (χ2v) is 3.51. The van der Waals surface area contributed by atoms with Crippen LogP contribution in [0.25, 0.3) is 10.9 Å². The first kappa shape index (κ1) is 9.08. The molecular weight excluding hydrogens is 248 g/mol. The third kappa shape index (κ3) is 1.58. The molecule has 0 aliphatic carbocycles. The van der Waals surface area contributed by atoms with Crippen molar-refractivity contribution in [2.45, 2.75) is 0 Å². The van der Waals surface area contributed by atoms with E-state index in [9.17, 15) is 4.79 Å². The van der Waals surface area contributed by atoms with Gasteiger partial charge in [0.25, 0.3) is 0 Å². The van der Waals surface area contributed by atoms with Gasteiger partial charge in [-0.15, -0.1) is 0 Å². The standard InChI is InChI=1S/C9H5BrN2O2/c10-8-3-7-5(4-11-8)1-2-6(12-7)9(13)14/h1-4H,(H,13,14). The molecule has 0 radical (unpaired) electrons. The summed E-state index contributed by atoms with van der Waals surface area (Å²) >= 11 is 3.20. The van der Waals surface area contributed by atoms with E-state index in [-0.39, 0.29) is 5.69 Å². The molecule has 0 atom stereocenters. The molecule has 2 aromatic rings. The summed E-state index contributed by atoms with van der Waals surface area (Å²) in [5, 5.41) is 9.54. The molecule has 0 aliphatic rings. The van der Waals surface area contributed by atoms with Crippen LogP contribution in [0.3, 0.4) is 0 Å². The smallest absolute Gasteiger partial charge is 0.354 e. The zero-order valence-electron chi connectivity index (χ0n) is 6.94. The Morgan fingerprint density at radius 1 is 1.43 bits per heavy atom. The number of aromatic nitrogens is 2. The van der Waals surface area contributed by atoms with Crippen LogP contribution in [-0.2, 0) is 0 Å². The monoisotopic (exact) mass is 252 g/mol. The zero-order chi connectivity index (χ0) is 10.1. The van der Waals surface area contributed by atoms with Crippen LogP contribution in [0.5, 0.6) is 0 Å². The number of rotatable bonds is 1. The van der Waals surface area contributed by atoms with Crippen molar-refractivity contribution in [1.82, 2.24) is 9.97 Å². The summed E-state index contributed by atoms with van der Waals surface area (Å²) in [6.07, 6.45) is 1.64. The van der Waals surface area contributed by atoms with Gasteiger partial charge in [-0.1, -0.05) is 0 Å². The number of hydrogen-bond donors (Lipinski definition) is 1. The summed E-state index contributed by atoms with van der Waals surface area (Å²) in [5.74, 6) is -1.03. The Labute approximate surface area is 87.7 Å². The van der Waals surface area contributed by atoms with Crippen LogP contribution in [0, 0.1) is 0 Å². The number of carboxylic acid groups (broad SMARTS) is 1. The topological polar surface area (TPSA) is 63.1 Å². The summed E-state index contributed by atoms with van der Waals surface area (Å²) in [7, 11) is 0. The molecule has 0 bridgehead atoms. The molecule has 0 saturated heterocycles. The fraction of sp³-hybridized carbons (Fsp3) is 0. The molecule has 0 amide bonds. The maximum atomic E-state index is 10.6. The molecule has 0 saturated carbocycles. The van der Waals surface area contributed by atoms with Crippen molar-refractivity contribution >= 4 is 32.8 Å². The van der Waals surface area contributed by atoms with Gasteiger partial charge < -0.3 is 5.11 Å². The first-order chi connectivity index (χ1) is 6.66. The van der Waals surface area contributed by atoms with Gasteiger partial charge in [0.15, 0.2) is 0 Å². The summed E-state index contributed by atoms with van der Waals surface area (Å²) < 4.78 is 0.639. The molecule has 0 unspecified atom stereocenters. The van der Waals surface area contributed by atoms with Crippen molar-refractivity contribution in [1.29, 1.82) is 0 Å². The Bertz CT molecular complexity index is 513. The number of pyridine rings is 2. The highest BCUT2D eigenvalue weighted by molar-refractivity contribution is 9.10. The molecule has 5 heteroatoms. The number of fused-ring (bicyclic) bond motifs is 1. The van der Waals surface area contributed by atoms with Crippen LogP contribution in [0.1, 0.15) is 10.5 Å². The van der Waals surface area contributed by atoms with Crippen molar-refractivity contribution in [2.75, 3.05) is 0 Å². The Morgan fingerprint density at radius 2 is 2.21 bits per heavy atom. The van der Waals surface area contributed by atoms with Gasteiger partial charge in [0, 0.05) is 11.6 Å². The number of nitrogens with zero attached hydrogens (tertiary/aromatic N) is 2. The van der Waals surface area contributed by atoms with E-state index in [2.05, 4.69) is 25.9 Å². The normalized spacial score (nSPS) is 10.4. The van der Waals surface area contributed by atoms with E-state index in [4.69, 9.17) is 5.11 Å². The van der Waals surface area contributed by atoms with Gasteiger partial charge >= 0.3 is 5.97 Å². The van der Waals surface area contributed by atoms with Crippen LogP contribution < -0.4 is 0 Å². The summed E-state index contributed by atoms with van der Waals surface area (Å²) in [6.45, 7) is 0. The highest BCUT2D eigenvalue weighted by Gasteiger charge is 2.05. The van der Waals surface area contributed by atoms with Gasteiger partial charge in [-0.05, 0) is 34.1 Å². The lowest BCUT2D eigenvalue weighted by atomic mass is 10.2. The maximum absolute atomic E-state index is 10.6. The van der Waals surface area contributed by atoms with Crippen LogP contribution in [0.4, 0.5) is 0 Å². The molecule has 2 heterocycles. The maximum Gasteiger partial charge on any atom is 0.354 e. The average Bonchev–Trinajstić information content (AvgIpc) is 2.16. The van der Waals surface area contributed by atoms with E-state index in [1.54, 1.807) is 18.3 Å². The number of aromatic carboxylic acids is 1. The van der Waals surface area contributed by atoms with Crippen LogP contribution in [0.2, 0.25) is 0 Å². The highest BCUT2D eigenvalue weighted by Crippen LogP contribution is 2.15. The molecule has 1 N–H and O–H groups in total. The quantitative estimate of drug-likeness (QED) is 0.790. The molecule has 70 valence electrons. The SMILES string of the molecule is O=C(O)c1ccc2cnc(Br)cc2n1. The van der Waals surface area contributed by atoms with E-state index >= 15 is 0 Å². The van der Waals surface area contributed by atoms with Gasteiger partial charge in [-0.25, -0.2) is 14.8 Å². The molecule has 4 nitrogen and oxygen atoms in total. The minimum atomic E-state index is -1.03. The lowest BCUT2D eigenvalue weighted by Crippen LogP contribution is -1.99. The van der Waals surface area contributed by atoms with Crippen molar-refractivity contribution in [3.8, 4) is 0 Å². The van der Waals surface area contributed by atoms with E-state index in [1.807, 2.05) is 0 Å². The first-order valence-corrected chi connectivity index (χ1v) is 4.62. The number of hydrogen-bond acceptors (Lipinski definition) is 3. The average molecular weight is 253 g/mol. The third-order valence-corrected chi connectivity index (χ3v) is 2.19. The van der Waals surface area contributed by atoms with Crippen molar-refractivity contribution in [3.05, 3.63) is 34.7 Å². The Kier molecular flexibility index (Phi) is 2.17. The van der Waals surface area contributed by atoms with E-state index < -0.39 is 5.97 Å². The van der Waals surface area contributed by atoms with Crippen LogP contribution in [0.15, 0.2) is 29.0 Å². The number of halogens is 1. The molecule has 0 fully saturated rings. The second-order valence-electron chi connectivity index (χ2n) is 2.70. The van der Waals surface area contributed by atoms with Crippen molar-refractivity contribution in [2.24, 2.45) is 0 Å². The molecule has 2 rings (SSSR count). The Balaban J connectivity index is 2.69. The minimum Gasteiger partial charge on any atom is -0.477 e. The predicted molar refractivity (Wildman–Crippen MR) is 54.2 cm³/mol. The Hall–Kier alpha value is -1.49. The van der Waals surface area contributed by atoms with Gasteiger partial charge in [-0.2, -0.15) is 0 Å². The van der Waals surface area contributed by atoms with Gasteiger partial charge in [0.05, 0.1) is 5.52 Å². The lowest BCUT2D eigenvalue weighted by Gasteiger charge is -1.98. The van der Waals surface area contributed by atoms with E-state index in [0.29, 0.717) is 10.1 Å². The van der Waals surface area contributed by atoms with Crippen LogP contribution >= 0.6 is 15.9 Å². The third-order valence-electron chi connectivity index (χ3n) is 1.76. The second kappa shape index (κ2) is 3.34. The molecule has 0 spiro atoms. The molecule has 0 aromatic carbocycles. The van der Waals surface area contributed by atoms with Gasteiger partial charge in [-0.3, -0.25) is 0 Å². The minimum absolute atomic E-state index is 0.0376. The summed E-state index contributed by atoms with van der Waals surface area (Å²) in [6, 6.07) is 4.83. The molecule has 14 heavy (non-hydrogen) atoms. The predicted octanol–water partition coefficient (Wildman–Crippen LogP) is 2.09. The summed E-state index contributed by atoms with van der Waals surface area (Å²) in [4.78, 5) is 18.6. The van der Waals surface area contributed by atoms with Gasteiger partial charge in [0.1, 0.15) is 10.3 Å². The Morgan fingerprint density at radius 3 is 2.93 bits per heavy atom. The van der Waals surface area contributed by atoms with E-state index in [0.717, 1.165) is 5.39 Å². The fourth-order valence-electron chi connectivity index (χ4n) is 1.11. The molecule has 2 aromatic heterocycles. The van der Waals surface area contributed by atoms with Crippen molar-refractivity contribution in [3.63, 3.8) is 0 Å². The number of carbonyl (C=O) groups is 1. The lowest BCUT2D eigenvalue weighted by molar-refractivity contribution is 0.0691. The van der Waals surface area contributed by atoms with E-state index in [1.165, 1.54) is 6.07 Å². The molecular formula is C9H5BrN2O2. The number of carboxylic acids is 1. The fourth-order valence-corrected chi connectivity index (χ4v) is 1.43. The first-order valence-electron chi connectivity index (χ1n) is 3.82. The summed E-state index contributed by atoms with van der Waals surface area (Å²) in [5.41, 5.74) is 0.655. The van der Waals surface area contributed by atoms with Gasteiger partial charge in [0.2, 0.25) is 0 Å². The van der Waals surface area contributed by atoms with Crippen LogP contribution in [-0.4, -0.2) is 21.0 Å². The largest absolute Gasteiger partial charge is 0.477 e.